The molecule has 0 aliphatic heterocycles. The number of methoxy groups -OCH3 is 1. The van der Waals surface area contributed by atoms with E-state index in [2.05, 4.69) is 10.1 Å². The Morgan fingerprint density at radius 2 is 2.09 bits per heavy atom. The summed E-state index contributed by atoms with van der Waals surface area (Å²) in [7, 11) is 1.26. The third-order valence-corrected chi connectivity index (χ3v) is 1.35. The highest BCUT2D eigenvalue weighted by Crippen LogP contribution is 1.89. The average Bonchev–Trinajstić information content (AvgIpc) is 2.02. The second kappa shape index (κ2) is 4.71. The highest BCUT2D eigenvalue weighted by molar-refractivity contribution is 5.86. The summed E-state index contributed by atoms with van der Waals surface area (Å²) in [6, 6.07) is -0.451. The van der Waals surface area contributed by atoms with Gasteiger partial charge in [-0.15, -0.1) is 0 Å². The van der Waals surface area contributed by atoms with E-state index < -0.39 is 12.1 Å². The predicted octanol–water partition coefficient (Wildman–Crippen LogP) is 0.710. The molecule has 1 amide bonds. The van der Waals surface area contributed by atoms with Crippen molar-refractivity contribution in [3.63, 3.8) is 0 Å². The molecule has 0 bridgehead atoms. The third kappa shape index (κ3) is 3.60. The van der Waals surface area contributed by atoms with Crippen LogP contribution >= 0.6 is 0 Å². The predicted molar refractivity (Wildman–Crippen MR) is 40.3 cm³/mol. The third-order valence-electron chi connectivity index (χ3n) is 1.35. The molecule has 0 unspecified atom stereocenters. The Hall–Kier alpha value is -1.06. The van der Waals surface area contributed by atoms with Gasteiger partial charge < -0.3 is 10.1 Å². The zero-order valence-electron chi connectivity index (χ0n) is 7.01. The fourth-order valence-electron chi connectivity index (χ4n) is 0.622. The van der Waals surface area contributed by atoms with Crippen molar-refractivity contribution in [2.75, 3.05) is 7.11 Å². The average molecular weight is 159 g/mol. The minimum absolute atomic E-state index is 0.00426. The number of carbonyl (C=O) groups is 2. The van der Waals surface area contributed by atoms with E-state index in [1.807, 2.05) is 0 Å². The van der Waals surface area contributed by atoms with E-state index in [1.54, 1.807) is 13.8 Å². The van der Waals surface area contributed by atoms with Crippen LogP contribution in [-0.2, 0) is 9.53 Å². The van der Waals surface area contributed by atoms with Gasteiger partial charge in [-0.3, -0.25) is 4.79 Å². The lowest BCUT2D eigenvalue weighted by atomic mass is 10.2. The number of Topliss-reactive ketones (excluding diaryl/α,β-unsaturated/α-hetero) is 1. The molecule has 64 valence electrons. The number of nitrogens with one attached hydrogen (secondary N) is 1. The van der Waals surface area contributed by atoms with Crippen molar-refractivity contribution in [3.8, 4) is 0 Å². The first-order valence-corrected chi connectivity index (χ1v) is 3.49. The quantitative estimate of drug-likeness (QED) is 0.659. The molecule has 0 aromatic rings. The van der Waals surface area contributed by atoms with Crippen molar-refractivity contribution in [3.05, 3.63) is 0 Å². The molecule has 0 aromatic heterocycles. The van der Waals surface area contributed by atoms with Crippen molar-refractivity contribution >= 4 is 11.9 Å². The topological polar surface area (TPSA) is 55.4 Å². The lowest BCUT2D eigenvalue weighted by molar-refractivity contribution is -0.120. The van der Waals surface area contributed by atoms with Gasteiger partial charge in [0, 0.05) is 6.42 Å². The molecule has 4 nitrogen and oxygen atoms in total. The van der Waals surface area contributed by atoms with Gasteiger partial charge in [-0.1, -0.05) is 6.92 Å². The van der Waals surface area contributed by atoms with E-state index in [9.17, 15) is 9.59 Å². The molecule has 1 N–H and O–H groups in total. The van der Waals surface area contributed by atoms with Crippen LogP contribution in [0.15, 0.2) is 0 Å². The zero-order chi connectivity index (χ0) is 8.85. The Bertz CT molecular complexity index is 156. The Balaban J connectivity index is 3.77. The Morgan fingerprint density at radius 3 is 2.45 bits per heavy atom. The van der Waals surface area contributed by atoms with E-state index >= 15 is 0 Å². The summed E-state index contributed by atoms with van der Waals surface area (Å²) in [6.07, 6.45) is -0.148. The smallest absolute Gasteiger partial charge is 0.407 e. The van der Waals surface area contributed by atoms with Gasteiger partial charge in [0.15, 0.2) is 5.78 Å². The number of amides is 1. The van der Waals surface area contributed by atoms with Gasteiger partial charge in [0.05, 0.1) is 13.2 Å². The fraction of sp³-hybridized carbons (Fsp3) is 0.714. The van der Waals surface area contributed by atoms with Gasteiger partial charge in [0.1, 0.15) is 0 Å². The maximum absolute atomic E-state index is 10.9. The molecule has 11 heavy (non-hydrogen) atoms. The molecule has 0 fully saturated rings. The summed E-state index contributed by atoms with van der Waals surface area (Å²) in [5.74, 6) is -0.00426. The van der Waals surface area contributed by atoms with Gasteiger partial charge in [-0.25, -0.2) is 4.79 Å². The van der Waals surface area contributed by atoms with Crippen molar-refractivity contribution < 1.29 is 14.3 Å². The normalized spacial score (nSPS) is 11.9. The molecule has 0 radical (unpaired) electrons. The molecule has 0 aromatic carbocycles. The number of ether oxygens (including phenoxy) is 1. The number of hydrogen-bond acceptors (Lipinski definition) is 3. The van der Waals surface area contributed by atoms with Crippen LogP contribution in [0.3, 0.4) is 0 Å². The van der Waals surface area contributed by atoms with Crippen LogP contribution in [0.25, 0.3) is 0 Å². The summed E-state index contributed by atoms with van der Waals surface area (Å²) in [5.41, 5.74) is 0. The van der Waals surface area contributed by atoms with Gasteiger partial charge in [0.2, 0.25) is 0 Å². The molecular weight excluding hydrogens is 146 g/mol. The standard InChI is InChI=1S/C7H13NO3/c1-4-6(9)5(2)8-7(10)11-3/h5H,4H2,1-3H3,(H,8,10)/t5-/m1/s1. The first kappa shape index (κ1) is 9.94. The van der Waals surface area contributed by atoms with E-state index in [1.165, 1.54) is 7.11 Å². The van der Waals surface area contributed by atoms with E-state index in [-0.39, 0.29) is 5.78 Å². The summed E-state index contributed by atoms with van der Waals surface area (Å²) in [4.78, 5) is 21.4. The van der Waals surface area contributed by atoms with E-state index in [4.69, 9.17) is 0 Å². The second-order valence-corrected chi connectivity index (χ2v) is 2.18. The minimum Gasteiger partial charge on any atom is -0.453 e. The molecule has 0 aliphatic rings. The maximum atomic E-state index is 10.9. The summed E-state index contributed by atoms with van der Waals surface area (Å²) in [5, 5.41) is 2.37. The molecule has 1 atom stereocenters. The Morgan fingerprint density at radius 1 is 1.55 bits per heavy atom. The van der Waals surface area contributed by atoms with E-state index in [0.717, 1.165) is 0 Å². The molecule has 0 saturated carbocycles. The SMILES string of the molecule is CCC(=O)[C@@H](C)NC(=O)OC. The molecule has 4 heteroatoms. The molecule has 0 heterocycles. The van der Waals surface area contributed by atoms with Crippen molar-refractivity contribution in [2.45, 2.75) is 26.3 Å². The largest absolute Gasteiger partial charge is 0.453 e. The Labute approximate surface area is 65.9 Å². The lowest BCUT2D eigenvalue weighted by Crippen LogP contribution is -2.37. The monoisotopic (exact) mass is 159 g/mol. The second-order valence-electron chi connectivity index (χ2n) is 2.18. The van der Waals surface area contributed by atoms with Gasteiger partial charge >= 0.3 is 6.09 Å². The van der Waals surface area contributed by atoms with Gasteiger partial charge in [-0.05, 0) is 6.92 Å². The first-order chi connectivity index (χ1) is 5.11. The zero-order valence-corrected chi connectivity index (χ0v) is 7.01. The van der Waals surface area contributed by atoms with Crippen LogP contribution in [0.4, 0.5) is 4.79 Å². The number of ketones is 1. The van der Waals surface area contributed by atoms with E-state index in [0.29, 0.717) is 6.42 Å². The Kier molecular flexibility index (Phi) is 4.26. The van der Waals surface area contributed by atoms with Crippen LogP contribution in [0, 0.1) is 0 Å². The highest BCUT2D eigenvalue weighted by atomic mass is 16.5. The summed E-state index contributed by atoms with van der Waals surface area (Å²) < 4.78 is 4.31. The first-order valence-electron chi connectivity index (χ1n) is 3.49. The number of rotatable bonds is 3. The minimum atomic E-state index is -0.570. The van der Waals surface area contributed by atoms with Crippen molar-refractivity contribution in [2.24, 2.45) is 0 Å². The van der Waals surface area contributed by atoms with Gasteiger partial charge in [0.25, 0.3) is 0 Å². The van der Waals surface area contributed by atoms with Gasteiger partial charge in [-0.2, -0.15) is 0 Å². The molecule has 0 rings (SSSR count). The molecule has 0 aliphatic carbocycles. The lowest BCUT2D eigenvalue weighted by Gasteiger charge is -2.09. The van der Waals surface area contributed by atoms with Crippen LogP contribution < -0.4 is 5.32 Å². The van der Waals surface area contributed by atoms with Crippen LogP contribution in [-0.4, -0.2) is 25.0 Å². The van der Waals surface area contributed by atoms with Crippen LogP contribution in [0.2, 0.25) is 0 Å². The van der Waals surface area contributed by atoms with Crippen molar-refractivity contribution in [1.29, 1.82) is 0 Å². The number of carbonyl (C=O) groups excluding carboxylic acids is 2. The van der Waals surface area contributed by atoms with Crippen LogP contribution in [0.5, 0.6) is 0 Å². The maximum Gasteiger partial charge on any atom is 0.407 e. The summed E-state index contributed by atoms with van der Waals surface area (Å²) in [6.45, 7) is 3.38. The molecule has 0 spiro atoms. The van der Waals surface area contributed by atoms with Crippen LogP contribution in [0.1, 0.15) is 20.3 Å². The number of hydrogen-bond donors (Lipinski definition) is 1. The van der Waals surface area contributed by atoms with Crippen molar-refractivity contribution in [1.82, 2.24) is 5.32 Å². The molecular formula is C7H13NO3. The summed E-state index contributed by atoms with van der Waals surface area (Å²) >= 11 is 0. The molecule has 0 saturated heterocycles. The highest BCUT2D eigenvalue weighted by Gasteiger charge is 2.12. The number of alkyl carbamates (subject to hydrolysis) is 1. The fourth-order valence-corrected chi connectivity index (χ4v) is 0.622.